The molecule has 2 aromatic rings. The fourth-order valence-electron chi connectivity index (χ4n) is 2.95. The van der Waals surface area contributed by atoms with Gasteiger partial charge in [0.1, 0.15) is 5.75 Å². The molecule has 3 nitrogen and oxygen atoms in total. The lowest BCUT2D eigenvalue weighted by atomic mass is 9.95. The zero-order valence-corrected chi connectivity index (χ0v) is 17.2. The van der Waals surface area contributed by atoms with Crippen molar-refractivity contribution in [2.75, 3.05) is 12.4 Å². The van der Waals surface area contributed by atoms with Crippen LogP contribution in [0.5, 0.6) is 5.75 Å². The van der Waals surface area contributed by atoms with Crippen LogP contribution in [0.3, 0.4) is 0 Å². The van der Waals surface area contributed by atoms with Crippen LogP contribution in [0.1, 0.15) is 62.3 Å². The molecule has 0 aromatic heterocycles. The molecule has 2 aromatic carbocycles. The van der Waals surface area contributed by atoms with Crippen molar-refractivity contribution < 1.29 is 4.74 Å². The van der Waals surface area contributed by atoms with Gasteiger partial charge in [0.05, 0.1) is 18.8 Å². The molecule has 26 heavy (non-hydrogen) atoms. The minimum atomic E-state index is 0.178. The quantitative estimate of drug-likeness (QED) is 0.590. The molecule has 2 atom stereocenters. The third-order valence-corrected chi connectivity index (χ3v) is 5.06. The van der Waals surface area contributed by atoms with Crippen molar-refractivity contribution in [3.63, 3.8) is 0 Å². The van der Waals surface area contributed by atoms with Crippen molar-refractivity contribution in [1.82, 2.24) is 5.32 Å². The summed E-state index contributed by atoms with van der Waals surface area (Å²) < 4.78 is 5.41. The molecule has 0 saturated carbocycles. The Balaban J connectivity index is 2.07. The highest BCUT2D eigenvalue weighted by Gasteiger charge is 2.13. The molecule has 0 bridgehead atoms. The lowest BCUT2D eigenvalue weighted by Gasteiger charge is -2.21. The maximum absolute atomic E-state index is 5.54. The van der Waals surface area contributed by atoms with Crippen molar-refractivity contribution in [2.24, 2.45) is 0 Å². The molecule has 0 heterocycles. The van der Waals surface area contributed by atoms with Gasteiger partial charge in [0.25, 0.3) is 0 Å². The van der Waals surface area contributed by atoms with Crippen LogP contribution in [-0.4, -0.2) is 12.2 Å². The molecule has 0 aliphatic heterocycles. The third kappa shape index (κ3) is 5.21. The topological polar surface area (TPSA) is 33.3 Å². The number of rotatable bonds is 7. The van der Waals surface area contributed by atoms with Crippen molar-refractivity contribution in [3.05, 3.63) is 59.2 Å². The number of anilines is 1. The first-order valence-corrected chi connectivity index (χ1v) is 9.71. The molecule has 2 N–H and O–H groups in total. The van der Waals surface area contributed by atoms with Crippen LogP contribution >= 0.6 is 12.2 Å². The second-order valence-electron chi connectivity index (χ2n) is 6.74. The fourth-order valence-corrected chi connectivity index (χ4v) is 3.20. The van der Waals surface area contributed by atoms with E-state index in [1.54, 1.807) is 7.11 Å². The predicted molar refractivity (Wildman–Crippen MR) is 115 cm³/mol. The number of hydrogen-bond donors (Lipinski definition) is 2. The van der Waals surface area contributed by atoms with E-state index in [1.165, 1.54) is 11.1 Å². The summed E-state index contributed by atoms with van der Waals surface area (Å²) >= 11 is 5.54. The molecule has 0 aliphatic carbocycles. The Morgan fingerprint density at radius 1 is 1.04 bits per heavy atom. The Hall–Kier alpha value is -2.07. The highest BCUT2D eigenvalue weighted by molar-refractivity contribution is 7.80. The summed E-state index contributed by atoms with van der Waals surface area (Å²) in [6.07, 6.45) is 2.11. The molecule has 140 valence electrons. The predicted octanol–water partition coefficient (Wildman–Crippen LogP) is 5.95. The Labute approximate surface area is 163 Å². The zero-order valence-electron chi connectivity index (χ0n) is 16.4. The van der Waals surface area contributed by atoms with E-state index >= 15 is 0 Å². The van der Waals surface area contributed by atoms with Gasteiger partial charge < -0.3 is 15.4 Å². The maximum atomic E-state index is 5.54. The smallest absolute Gasteiger partial charge is 0.171 e. The van der Waals surface area contributed by atoms with Crippen molar-refractivity contribution in [1.29, 1.82) is 0 Å². The van der Waals surface area contributed by atoms with E-state index in [0.717, 1.165) is 29.8 Å². The van der Waals surface area contributed by atoms with Crippen LogP contribution < -0.4 is 15.4 Å². The molecule has 0 radical (unpaired) electrons. The molecule has 0 amide bonds. The molecule has 0 fully saturated rings. The number of thiocarbonyl (C=S) groups is 1. The van der Waals surface area contributed by atoms with E-state index in [-0.39, 0.29) is 6.04 Å². The SMILES string of the molecule is CCC(C)c1ccc(C(CC)NC(=S)Nc2cc(C)ccc2OC)cc1. The third-order valence-electron chi connectivity index (χ3n) is 4.84. The summed E-state index contributed by atoms with van der Waals surface area (Å²) in [6.45, 7) is 8.70. The Morgan fingerprint density at radius 3 is 2.27 bits per heavy atom. The molecule has 2 unspecified atom stereocenters. The van der Waals surface area contributed by atoms with Gasteiger partial charge >= 0.3 is 0 Å². The summed E-state index contributed by atoms with van der Waals surface area (Å²) in [5.74, 6) is 1.37. The fraction of sp³-hybridized carbons (Fsp3) is 0.409. The van der Waals surface area contributed by atoms with E-state index in [4.69, 9.17) is 17.0 Å². The minimum absolute atomic E-state index is 0.178. The summed E-state index contributed by atoms with van der Waals surface area (Å²) in [6, 6.07) is 15.1. The lowest BCUT2D eigenvalue weighted by Crippen LogP contribution is -2.32. The summed E-state index contributed by atoms with van der Waals surface area (Å²) in [5, 5.41) is 7.30. The van der Waals surface area contributed by atoms with Gasteiger partial charge in [0.15, 0.2) is 5.11 Å². The number of aryl methyl sites for hydroxylation is 1. The van der Waals surface area contributed by atoms with E-state index in [1.807, 2.05) is 18.2 Å². The van der Waals surface area contributed by atoms with E-state index in [2.05, 4.69) is 62.6 Å². The summed E-state index contributed by atoms with van der Waals surface area (Å²) in [5.41, 5.74) is 4.67. The molecule has 0 spiro atoms. The number of ether oxygens (including phenoxy) is 1. The van der Waals surface area contributed by atoms with E-state index in [0.29, 0.717) is 11.0 Å². The maximum Gasteiger partial charge on any atom is 0.171 e. The van der Waals surface area contributed by atoms with E-state index in [9.17, 15) is 0 Å². The van der Waals surface area contributed by atoms with Crippen LogP contribution in [-0.2, 0) is 0 Å². The highest BCUT2D eigenvalue weighted by atomic mass is 32.1. The molecular weight excluding hydrogens is 340 g/mol. The van der Waals surface area contributed by atoms with E-state index < -0.39 is 0 Å². The number of nitrogens with one attached hydrogen (secondary N) is 2. The molecule has 4 heteroatoms. The molecule has 0 aliphatic rings. The number of benzene rings is 2. The van der Waals surface area contributed by atoms with Gasteiger partial charge in [0.2, 0.25) is 0 Å². The van der Waals surface area contributed by atoms with Gasteiger partial charge in [-0.25, -0.2) is 0 Å². The van der Waals surface area contributed by atoms with Gasteiger partial charge in [-0.15, -0.1) is 0 Å². The second kappa shape index (κ2) is 9.58. The first-order valence-electron chi connectivity index (χ1n) is 9.30. The Morgan fingerprint density at radius 2 is 1.69 bits per heavy atom. The van der Waals surface area contributed by atoms with Crippen molar-refractivity contribution in [2.45, 2.75) is 52.5 Å². The molecular formula is C22H30N2OS. The average Bonchev–Trinajstić information content (AvgIpc) is 2.66. The number of methoxy groups -OCH3 is 1. The van der Waals surface area contributed by atoms with Crippen molar-refractivity contribution >= 4 is 23.0 Å². The van der Waals surface area contributed by atoms with Crippen LogP contribution in [0.2, 0.25) is 0 Å². The van der Waals surface area contributed by atoms with Crippen LogP contribution in [0.25, 0.3) is 0 Å². The normalized spacial score (nSPS) is 13.0. The highest BCUT2D eigenvalue weighted by Crippen LogP contribution is 2.26. The number of hydrogen-bond acceptors (Lipinski definition) is 2. The standard InChI is InChI=1S/C22H30N2OS/c1-6-16(4)17-9-11-18(12-10-17)19(7-2)23-22(26)24-20-14-15(3)8-13-21(20)25-5/h8-14,16,19H,6-7H2,1-5H3,(H2,23,24,26). The van der Waals surface area contributed by atoms with Gasteiger partial charge in [-0.3, -0.25) is 0 Å². The Bertz CT molecular complexity index is 727. The monoisotopic (exact) mass is 370 g/mol. The van der Waals surface area contributed by atoms with Crippen LogP contribution in [0.4, 0.5) is 5.69 Å². The lowest BCUT2D eigenvalue weighted by molar-refractivity contribution is 0.417. The molecule has 2 rings (SSSR count). The summed E-state index contributed by atoms with van der Waals surface area (Å²) in [4.78, 5) is 0. The van der Waals surface area contributed by atoms with Crippen molar-refractivity contribution in [3.8, 4) is 5.75 Å². The van der Waals surface area contributed by atoms with Gasteiger partial charge in [-0.1, -0.05) is 51.1 Å². The zero-order chi connectivity index (χ0) is 19.1. The average molecular weight is 371 g/mol. The second-order valence-corrected chi connectivity index (χ2v) is 7.15. The minimum Gasteiger partial charge on any atom is -0.495 e. The van der Waals surface area contributed by atoms with Gasteiger partial charge in [0, 0.05) is 0 Å². The first kappa shape index (κ1) is 20.2. The van der Waals surface area contributed by atoms with Gasteiger partial charge in [-0.2, -0.15) is 0 Å². The largest absolute Gasteiger partial charge is 0.495 e. The van der Waals surface area contributed by atoms with Crippen LogP contribution in [0.15, 0.2) is 42.5 Å². The van der Waals surface area contributed by atoms with Crippen LogP contribution in [0, 0.1) is 6.92 Å². The summed E-state index contributed by atoms with van der Waals surface area (Å²) in [7, 11) is 1.67. The van der Waals surface area contributed by atoms with Gasteiger partial charge in [-0.05, 0) is 66.7 Å². The first-order chi connectivity index (χ1) is 12.5. The Kier molecular flexibility index (Phi) is 7.46. The molecule has 0 saturated heterocycles.